The van der Waals surface area contributed by atoms with E-state index < -0.39 is 0 Å². The molecule has 0 bridgehead atoms. The summed E-state index contributed by atoms with van der Waals surface area (Å²) in [7, 11) is 4.14. The summed E-state index contributed by atoms with van der Waals surface area (Å²) in [6.45, 7) is 3.91. The highest BCUT2D eigenvalue weighted by Crippen LogP contribution is 2.17. The van der Waals surface area contributed by atoms with Gasteiger partial charge in [-0.3, -0.25) is 4.79 Å². The van der Waals surface area contributed by atoms with Crippen LogP contribution in [0.2, 0.25) is 0 Å². The zero-order valence-corrected chi connectivity index (χ0v) is 12.2. The summed E-state index contributed by atoms with van der Waals surface area (Å²) in [4.78, 5) is 14.1. The highest BCUT2D eigenvalue weighted by atomic mass is 16.2. The Kier molecular flexibility index (Phi) is 7.28. The maximum absolute atomic E-state index is 12.0. The second kappa shape index (κ2) is 8.48. The summed E-state index contributed by atoms with van der Waals surface area (Å²) >= 11 is 0. The first-order chi connectivity index (χ1) is 8.59. The van der Waals surface area contributed by atoms with Gasteiger partial charge in [0.1, 0.15) is 0 Å². The van der Waals surface area contributed by atoms with Gasteiger partial charge in [0.25, 0.3) is 0 Å². The molecule has 1 saturated carbocycles. The summed E-state index contributed by atoms with van der Waals surface area (Å²) in [5.41, 5.74) is 0. The van der Waals surface area contributed by atoms with Crippen LogP contribution in [-0.4, -0.2) is 50.1 Å². The molecule has 0 aliphatic heterocycles. The number of nitrogens with zero attached hydrogens (tertiary/aromatic N) is 1. The van der Waals surface area contributed by atoms with Gasteiger partial charge in [0.2, 0.25) is 5.91 Å². The minimum absolute atomic E-state index is 0.0749. The number of carbonyl (C=O) groups excluding carboxylic acids is 1. The first kappa shape index (κ1) is 15.4. The monoisotopic (exact) mass is 255 g/mol. The molecule has 1 amide bonds. The van der Waals surface area contributed by atoms with Crippen LogP contribution in [-0.2, 0) is 4.79 Å². The third-order valence-corrected chi connectivity index (χ3v) is 3.58. The smallest absolute Gasteiger partial charge is 0.237 e. The standard InChI is InChI=1S/C14H29N3O/c1-12(15-10-7-11-17(2)3)14(18)16-13-8-5-4-6-9-13/h12-13,15H,4-11H2,1-3H3,(H,16,18)/t12-/m1/s1. The van der Waals surface area contributed by atoms with Crippen LogP contribution in [0.25, 0.3) is 0 Å². The van der Waals surface area contributed by atoms with E-state index >= 15 is 0 Å². The van der Waals surface area contributed by atoms with Crippen LogP contribution >= 0.6 is 0 Å². The highest BCUT2D eigenvalue weighted by Gasteiger charge is 2.18. The highest BCUT2D eigenvalue weighted by molar-refractivity contribution is 5.81. The molecule has 4 nitrogen and oxygen atoms in total. The van der Waals surface area contributed by atoms with Gasteiger partial charge in [-0.15, -0.1) is 0 Å². The number of nitrogens with one attached hydrogen (secondary N) is 2. The maximum atomic E-state index is 12.0. The van der Waals surface area contributed by atoms with Crippen molar-refractivity contribution in [2.45, 2.75) is 57.5 Å². The summed E-state index contributed by atoms with van der Waals surface area (Å²) in [6, 6.07) is 0.339. The molecule has 106 valence electrons. The Morgan fingerprint density at radius 3 is 2.56 bits per heavy atom. The lowest BCUT2D eigenvalue weighted by molar-refractivity contribution is -0.123. The van der Waals surface area contributed by atoms with E-state index in [1.54, 1.807) is 0 Å². The molecular weight excluding hydrogens is 226 g/mol. The molecule has 18 heavy (non-hydrogen) atoms. The molecule has 0 spiro atoms. The molecule has 1 aliphatic rings. The molecule has 1 aliphatic carbocycles. The van der Waals surface area contributed by atoms with Crippen LogP contribution in [0.3, 0.4) is 0 Å². The fourth-order valence-electron chi connectivity index (χ4n) is 2.38. The fourth-order valence-corrected chi connectivity index (χ4v) is 2.38. The zero-order valence-electron chi connectivity index (χ0n) is 12.2. The van der Waals surface area contributed by atoms with Crippen molar-refractivity contribution >= 4 is 5.91 Å². The third kappa shape index (κ3) is 6.36. The van der Waals surface area contributed by atoms with Crippen LogP contribution < -0.4 is 10.6 Å². The van der Waals surface area contributed by atoms with Crippen LogP contribution in [0.15, 0.2) is 0 Å². The van der Waals surface area contributed by atoms with Gasteiger partial charge in [0.15, 0.2) is 0 Å². The lowest BCUT2D eigenvalue weighted by Gasteiger charge is -2.24. The molecule has 1 fully saturated rings. The lowest BCUT2D eigenvalue weighted by Crippen LogP contribution is -2.47. The molecule has 4 heteroatoms. The van der Waals surface area contributed by atoms with Crippen molar-refractivity contribution in [2.75, 3.05) is 27.2 Å². The van der Waals surface area contributed by atoms with E-state index in [4.69, 9.17) is 0 Å². The number of rotatable bonds is 7. The summed E-state index contributed by atoms with van der Waals surface area (Å²) < 4.78 is 0. The first-order valence-corrected chi connectivity index (χ1v) is 7.28. The van der Waals surface area contributed by atoms with Crippen molar-refractivity contribution in [3.63, 3.8) is 0 Å². The van der Waals surface area contributed by atoms with Gasteiger partial charge < -0.3 is 15.5 Å². The molecular formula is C14H29N3O. The van der Waals surface area contributed by atoms with Crippen LogP contribution in [0.5, 0.6) is 0 Å². The molecule has 2 N–H and O–H groups in total. The van der Waals surface area contributed by atoms with Crippen molar-refractivity contribution in [3.8, 4) is 0 Å². The minimum Gasteiger partial charge on any atom is -0.352 e. The van der Waals surface area contributed by atoms with Gasteiger partial charge in [-0.2, -0.15) is 0 Å². The molecule has 1 atom stereocenters. The Labute approximate surface area is 111 Å². The quantitative estimate of drug-likeness (QED) is 0.675. The molecule has 0 aromatic rings. The van der Waals surface area contributed by atoms with Crippen molar-refractivity contribution in [3.05, 3.63) is 0 Å². The first-order valence-electron chi connectivity index (χ1n) is 7.28. The number of hydrogen-bond donors (Lipinski definition) is 2. The van der Waals surface area contributed by atoms with E-state index in [1.165, 1.54) is 19.3 Å². The second-order valence-electron chi connectivity index (χ2n) is 5.68. The topological polar surface area (TPSA) is 44.4 Å². The Morgan fingerprint density at radius 1 is 1.28 bits per heavy atom. The minimum atomic E-state index is -0.0749. The molecule has 0 aromatic heterocycles. The van der Waals surface area contributed by atoms with E-state index in [1.807, 2.05) is 6.92 Å². The van der Waals surface area contributed by atoms with Gasteiger partial charge in [0, 0.05) is 6.04 Å². The molecule has 0 heterocycles. The van der Waals surface area contributed by atoms with Crippen molar-refractivity contribution in [2.24, 2.45) is 0 Å². The lowest BCUT2D eigenvalue weighted by atomic mass is 9.95. The average Bonchev–Trinajstić information content (AvgIpc) is 2.35. The number of hydrogen-bond acceptors (Lipinski definition) is 3. The van der Waals surface area contributed by atoms with Crippen LogP contribution in [0, 0.1) is 0 Å². The Hall–Kier alpha value is -0.610. The SMILES string of the molecule is C[C@@H](NCCCN(C)C)C(=O)NC1CCCCC1. The number of carbonyl (C=O) groups is 1. The predicted octanol–water partition coefficient (Wildman–Crippen LogP) is 1.37. The van der Waals surface area contributed by atoms with E-state index in [2.05, 4.69) is 29.6 Å². The van der Waals surface area contributed by atoms with Gasteiger partial charge in [0.05, 0.1) is 6.04 Å². The van der Waals surface area contributed by atoms with E-state index in [0.717, 1.165) is 32.4 Å². The second-order valence-corrected chi connectivity index (χ2v) is 5.68. The summed E-state index contributed by atoms with van der Waals surface area (Å²) in [5, 5.41) is 6.45. The maximum Gasteiger partial charge on any atom is 0.237 e. The van der Waals surface area contributed by atoms with Crippen molar-refractivity contribution in [1.82, 2.24) is 15.5 Å². The molecule has 0 unspecified atom stereocenters. The van der Waals surface area contributed by atoms with Gasteiger partial charge in [-0.25, -0.2) is 0 Å². The van der Waals surface area contributed by atoms with E-state index in [0.29, 0.717) is 6.04 Å². The Bertz CT molecular complexity index is 237. The van der Waals surface area contributed by atoms with E-state index in [-0.39, 0.29) is 11.9 Å². The molecule has 0 radical (unpaired) electrons. The number of amides is 1. The summed E-state index contributed by atoms with van der Waals surface area (Å²) in [6.07, 6.45) is 7.22. The molecule has 0 aromatic carbocycles. The van der Waals surface area contributed by atoms with Crippen molar-refractivity contribution < 1.29 is 4.79 Å². The fraction of sp³-hybridized carbons (Fsp3) is 0.929. The van der Waals surface area contributed by atoms with E-state index in [9.17, 15) is 4.79 Å². The van der Waals surface area contributed by atoms with Gasteiger partial charge >= 0.3 is 0 Å². The van der Waals surface area contributed by atoms with Gasteiger partial charge in [-0.1, -0.05) is 19.3 Å². The Balaban J connectivity index is 2.11. The Morgan fingerprint density at radius 2 is 1.94 bits per heavy atom. The average molecular weight is 255 g/mol. The van der Waals surface area contributed by atoms with Crippen LogP contribution in [0.4, 0.5) is 0 Å². The summed E-state index contributed by atoms with van der Waals surface area (Å²) in [5.74, 6) is 0.159. The van der Waals surface area contributed by atoms with Gasteiger partial charge in [-0.05, 0) is 53.4 Å². The van der Waals surface area contributed by atoms with Crippen molar-refractivity contribution in [1.29, 1.82) is 0 Å². The molecule has 1 rings (SSSR count). The normalized spacial score (nSPS) is 18.9. The predicted molar refractivity (Wildman–Crippen MR) is 75.7 cm³/mol. The molecule has 0 saturated heterocycles. The third-order valence-electron chi connectivity index (χ3n) is 3.58. The van der Waals surface area contributed by atoms with Crippen LogP contribution in [0.1, 0.15) is 45.4 Å². The zero-order chi connectivity index (χ0) is 13.4. The largest absolute Gasteiger partial charge is 0.352 e.